The van der Waals surface area contributed by atoms with Crippen LogP contribution in [0.1, 0.15) is 54.5 Å². The first-order valence-electron chi connectivity index (χ1n) is 10.6. The summed E-state index contributed by atoms with van der Waals surface area (Å²) in [6.45, 7) is 4.00. The van der Waals surface area contributed by atoms with Crippen molar-refractivity contribution in [3.8, 4) is 11.1 Å². The van der Waals surface area contributed by atoms with Crippen LogP contribution in [-0.4, -0.2) is 21.0 Å². The average Bonchev–Trinajstić information content (AvgIpc) is 3.37. The molecule has 0 radical (unpaired) electrons. The number of thiazole rings is 1. The molecular weight excluding hydrogens is 392 g/mol. The summed E-state index contributed by atoms with van der Waals surface area (Å²) in [5, 5.41) is 11.2. The van der Waals surface area contributed by atoms with Crippen molar-refractivity contribution in [3.63, 3.8) is 0 Å². The number of hydrogen-bond acceptors (Lipinski definition) is 4. The van der Waals surface area contributed by atoms with E-state index in [1.165, 1.54) is 17.5 Å². The highest BCUT2D eigenvalue weighted by Gasteiger charge is 2.28. The number of hydrogen-bond donors (Lipinski definition) is 1. The summed E-state index contributed by atoms with van der Waals surface area (Å²) in [4.78, 5) is 21.6. The topological polar surface area (TPSA) is 63.1 Å². The highest BCUT2D eigenvalue weighted by Crippen LogP contribution is 2.41. The van der Waals surface area contributed by atoms with Crippen molar-refractivity contribution >= 4 is 38.4 Å². The van der Waals surface area contributed by atoms with E-state index in [0.717, 1.165) is 62.8 Å². The SMILES string of the molecule is CCCC(C(=O)O)c1c(C)nc2cc3c(cc2c1-c1ccc2ncsc2c1)CCC3. The zero-order valence-corrected chi connectivity index (χ0v) is 18.1. The van der Waals surface area contributed by atoms with Gasteiger partial charge in [0.1, 0.15) is 0 Å². The van der Waals surface area contributed by atoms with Crippen LogP contribution in [0, 0.1) is 6.92 Å². The highest BCUT2D eigenvalue weighted by molar-refractivity contribution is 7.16. The summed E-state index contributed by atoms with van der Waals surface area (Å²) in [7, 11) is 0. The number of aryl methyl sites for hydroxylation is 3. The third-order valence-electron chi connectivity index (χ3n) is 6.27. The monoisotopic (exact) mass is 416 g/mol. The largest absolute Gasteiger partial charge is 0.481 e. The Kier molecular flexibility index (Phi) is 4.78. The van der Waals surface area contributed by atoms with E-state index in [9.17, 15) is 9.90 Å². The second-order valence-electron chi connectivity index (χ2n) is 8.19. The molecule has 4 aromatic rings. The number of aliphatic carboxylic acids is 1. The van der Waals surface area contributed by atoms with Crippen molar-refractivity contribution in [1.29, 1.82) is 0 Å². The van der Waals surface area contributed by atoms with E-state index in [0.29, 0.717) is 6.42 Å². The lowest BCUT2D eigenvalue weighted by Crippen LogP contribution is -2.15. The van der Waals surface area contributed by atoms with Crippen LogP contribution in [0.15, 0.2) is 35.8 Å². The maximum atomic E-state index is 12.3. The zero-order valence-electron chi connectivity index (χ0n) is 17.2. The maximum Gasteiger partial charge on any atom is 0.311 e. The fraction of sp³-hybridized carbons (Fsp3) is 0.320. The van der Waals surface area contributed by atoms with Crippen molar-refractivity contribution in [1.82, 2.24) is 9.97 Å². The first-order valence-corrected chi connectivity index (χ1v) is 11.5. The summed E-state index contributed by atoms with van der Waals surface area (Å²) in [5.41, 5.74) is 10.3. The van der Waals surface area contributed by atoms with Gasteiger partial charge in [0.15, 0.2) is 0 Å². The quantitative estimate of drug-likeness (QED) is 0.416. The average molecular weight is 417 g/mol. The van der Waals surface area contributed by atoms with Crippen LogP contribution in [0.25, 0.3) is 32.2 Å². The molecule has 0 aliphatic heterocycles. The minimum absolute atomic E-state index is 0.563. The Morgan fingerprint density at radius 3 is 2.73 bits per heavy atom. The minimum atomic E-state index is -0.776. The van der Waals surface area contributed by atoms with Crippen molar-refractivity contribution < 1.29 is 9.90 Å². The lowest BCUT2D eigenvalue weighted by Gasteiger charge is -2.21. The Morgan fingerprint density at radius 1 is 1.17 bits per heavy atom. The van der Waals surface area contributed by atoms with Gasteiger partial charge in [-0.2, -0.15) is 0 Å². The van der Waals surface area contributed by atoms with Crippen molar-refractivity contribution in [2.75, 3.05) is 0 Å². The van der Waals surface area contributed by atoms with E-state index in [-0.39, 0.29) is 0 Å². The van der Waals surface area contributed by atoms with Gasteiger partial charge in [-0.15, -0.1) is 11.3 Å². The summed E-state index contributed by atoms with van der Waals surface area (Å²) < 4.78 is 1.12. The molecule has 152 valence electrons. The normalized spacial score (nSPS) is 14.3. The van der Waals surface area contributed by atoms with Gasteiger partial charge in [0.25, 0.3) is 0 Å². The third-order valence-corrected chi connectivity index (χ3v) is 7.06. The van der Waals surface area contributed by atoms with Gasteiger partial charge < -0.3 is 5.11 Å². The van der Waals surface area contributed by atoms with E-state index in [4.69, 9.17) is 4.98 Å². The van der Waals surface area contributed by atoms with Crippen LogP contribution in [-0.2, 0) is 17.6 Å². The van der Waals surface area contributed by atoms with Gasteiger partial charge >= 0.3 is 5.97 Å². The number of carboxylic acid groups (broad SMARTS) is 1. The van der Waals surface area contributed by atoms with Gasteiger partial charge in [0.05, 0.1) is 27.2 Å². The predicted molar refractivity (Wildman–Crippen MR) is 122 cm³/mol. The number of benzene rings is 2. The number of fused-ring (bicyclic) bond motifs is 3. The second kappa shape index (κ2) is 7.47. The van der Waals surface area contributed by atoms with Gasteiger partial charge in [0, 0.05) is 11.1 Å². The van der Waals surface area contributed by atoms with Gasteiger partial charge in [0.2, 0.25) is 0 Å². The second-order valence-corrected chi connectivity index (χ2v) is 9.08. The minimum Gasteiger partial charge on any atom is -0.481 e. The van der Waals surface area contributed by atoms with E-state index in [2.05, 4.69) is 29.2 Å². The van der Waals surface area contributed by atoms with Crippen LogP contribution in [0.5, 0.6) is 0 Å². The molecule has 2 heterocycles. The Balaban J connectivity index is 1.87. The first-order chi connectivity index (χ1) is 14.6. The summed E-state index contributed by atoms with van der Waals surface area (Å²) >= 11 is 1.61. The molecule has 4 nitrogen and oxygen atoms in total. The van der Waals surface area contributed by atoms with Crippen LogP contribution >= 0.6 is 11.3 Å². The fourth-order valence-electron chi connectivity index (χ4n) is 4.90. The van der Waals surface area contributed by atoms with Gasteiger partial charge in [-0.1, -0.05) is 19.4 Å². The molecule has 1 unspecified atom stereocenters. The molecule has 1 aliphatic rings. The predicted octanol–water partition coefficient (Wildman–Crippen LogP) is 6.28. The number of rotatable bonds is 5. The molecular formula is C25H24N2O2S. The molecule has 5 rings (SSSR count). The molecule has 1 atom stereocenters. The fourth-order valence-corrected chi connectivity index (χ4v) is 5.62. The van der Waals surface area contributed by atoms with Crippen LogP contribution in [0.2, 0.25) is 0 Å². The zero-order chi connectivity index (χ0) is 20.8. The molecule has 0 amide bonds. The number of carboxylic acids is 1. The molecule has 2 aromatic carbocycles. The van der Waals surface area contributed by atoms with Crippen LogP contribution < -0.4 is 0 Å². The molecule has 0 fully saturated rings. The number of nitrogens with zero attached hydrogens (tertiary/aromatic N) is 2. The molecule has 0 bridgehead atoms. The van der Waals surface area contributed by atoms with Gasteiger partial charge in [-0.3, -0.25) is 9.78 Å². The number of pyridine rings is 1. The smallest absolute Gasteiger partial charge is 0.311 e. The van der Waals surface area contributed by atoms with Gasteiger partial charge in [-0.25, -0.2) is 4.98 Å². The maximum absolute atomic E-state index is 12.3. The standard InChI is InChI=1S/C25H24N2O2S/c1-3-5-18(25(28)29)23-14(2)27-21-11-16-7-4-6-15(16)10-19(21)24(23)17-8-9-20-22(12-17)30-13-26-20/h8-13,18H,3-7H2,1-2H3,(H,28,29). The summed E-state index contributed by atoms with van der Waals surface area (Å²) in [6, 6.07) is 10.8. The molecule has 1 N–H and O–H groups in total. The molecule has 30 heavy (non-hydrogen) atoms. The Hall–Kier alpha value is -2.79. The highest BCUT2D eigenvalue weighted by atomic mass is 32.1. The molecule has 5 heteroatoms. The molecule has 0 saturated carbocycles. The Morgan fingerprint density at radius 2 is 1.97 bits per heavy atom. The van der Waals surface area contributed by atoms with Crippen molar-refractivity contribution in [3.05, 3.63) is 58.2 Å². The molecule has 2 aromatic heterocycles. The summed E-state index contributed by atoms with van der Waals surface area (Å²) in [5.74, 6) is -1.34. The lowest BCUT2D eigenvalue weighted by molar-refractivity contribution is -0.139. The number of carbonyl (C=O) groups is 1. The molecule has 1 aliphatic carbocycles. The Labute approximate surface area is 179 Å². The molecule has 0 spiro atoms. The lowest BCUT2D eigenvalue weighted by atomic mass is 9.84. The number of aromatic nitrogens is 2. The van der Waals surface area contributed by atoms with Crippen LogP contribution in [0.3, 0.4) is 0 Å². The van der Waals surface area contributed by atoms with E-state index in [1.807, 2.05) is 25.4 Å². The van der Waals surface area contributed by atoms with E-state index >= 15 is 0 Å². The third kappa shape index (κ3) is 3.08. The van der Waals surface area contributed by atoms with Gasteiger partial charge in [-0.05, 0) is 84.7 Å². The van der Waals surface area contributed by atoms with Crippen molar-refractivity contribution in [2.24, 2.45) is 0 Å². The van der Waals surface area contributed by atoms with Crippen LogP contribution in [0.4, 0.5) is 0 Å². The van der Waals surface area contributed by atoms with E-state index in [1.54, 1.807) is 11.3 Å². The molecule has 0 saturated heterocycles. The van der Waals surface area contributed by atoms with E-state index < -0.39 is 11.9 Å². The van der Waals surface area contributed by atoms with Crippen molar-refractivity contribution in [2.45, 2.75) is 51.9 Å². The Bertz CT molecular complexity index is 1290. The first kappa shape index (κ1) is 19.2. The summed E-state index contributed by atoms with van der Waals surface area (Å²) in [6.07, 6.45) is 4.77.